The summed E-state index contributed by atoms with van der Waals surface area (Å²) < 4.78 is 23.7. The molecule has 0 radical (unpaired) electrons. The van der Waals surface area contributed by atoms with Gasteiger partial charge in [-0.15, -0.1) is 0 Å². The van der Waals surface area contributed by atoms with Crippen molar-refractivity contribution in [1.82, 2.24) is 4.90 Å². The normalized spacial score (nSPS) is 18.3. The van der Waals surface area contributed by atoms with Crippen molar-refractivity contribution in [2.75, 3.05) is 6.26 Å². The molecule has 1 N–H and O–H groups in total. The van der Waals surface area contributed by atoms with Crippen molar-refractivity contribution in [1.29, 1.82) is 0 Å². The van der Waals surface area contributed by atoms with E-state index in [1.807, 2.05) is 12.1 Å². The van der Waals surface area contributed by atoms with E-state index in [1.165, 1.54) is 11.0 Å². The SMILES string of the molecule is CS(=O)(=O)c1cccc(-c2ccc(C(=O)N3[C@@H](c4ccccc4Cl)CC[C@H]3C(=O)O)cc2)c1. The zero-order chi connectivity index (χ0) is 23.8. The predicted octanol–water partition coefficient (Wildman–Crippen LogP) is 4.84. The largest absolute Gasteiger partial charge is 0.480 e. The molecule has 33 heavy (non-hydrogen) atoms. The van der Waals surface area contributed by atoms with Gasteiger partial charge in [0, 0.05) is 16.8 Å². The molecule has 1 amide bonds. The maximum Gasteiger partial charge on any atom is 0.326 e. The smallest absolute Gasteiger partial charge is 0.326 e. The molecule has 1 aliphatic heterocycles. The molecule has 170 valence electrons. The van der Waals surface area contributed by atoms with Crippen molar-refractivity contribution >= 4 is 33.3 Å². The number of amides is 1. The van der Waals surface area contributed by atoms with E-state index in [0.29, 0.717) is 29.0 Å². The number of benzene rings is 3. The molecular weight excluding hydrogens is 462 g/mol. The van der Waals surface area contributed by atoms with Crippen molar-refractivity contribution in [3.8, 4) is 11.1 Å². The van der Waals surface area contributed by atoms with Gasteiger partial charge >= 0.3 is 5.97 Å². The van der Waals surface area contributed by atoms with Crippen LogP contribution in [0, 0.1) is 0 Å². The number of rotatable bonds is 5. The molecule has 4 rings (SSSR count). The average molecular weight is 484 g/mol. The Morgan fingerprint density at radius 3 is 2.27 bits per heavy atom. The zero-order valence-electron chi connectivity index (χ0n) is 17.8. The lowest BCUT2D eigenvalue weighted by Gasteiger charge is -2.29. The Labute approximate surface area is 197 Å². The summed E-state index contributed by atoms with van der Waals surface area (Å²) >= 11 is 6.35. The van der Waals surface area contributed by atoms with Gasteiger partial charge in [-0.05, 0) is 59.9 Å². The predicted molar refractivity (Wildman–Crippen MR) is 126 cm³/mol. The Kier molecular flexibility index (Phi) is 6.28. The van der Waals surface area contributed by atoms with Gasteiger partial charge in [0.2, 0.25) is 0 Å². The number of sulfone groups is 1. The van der Waals surface area contributed by atoms with E-state index < -0.39 is 27.9 Å². The lowest BCUT2D eigenvalue weighted by atomic mass is 10.0. The van der Waals surface area contributed by atoms with Crippen LogP contribution in [0.4, 0.5) is 0 Å². The highest BCUT2D eigenvalue weighted by molar-refractivity contribution is 7.90. The molecule has 1 fully saturated rings. The molecule has 0 spiro atoms. The van der Waals surface area contributed by atoms with E-state index >= 15 is 0 Å². The van der Waals surface area contributed by atoms with Gasteiger partial charge in [0.25, 0.3) is 5.91 Å². The molecule has 1 heterocycles. The molecule has 1 aliphatic rings. The Bertz CT molecular complexity index is 1320. The van der Waals surface area contributed by atoms with Crippen LogP contribution in [-0.4, -0.2) is 42.6 Å². The molecule has 1 saturated heterocycles. The van der Waals surface area contributed by atoms with Gasteiger partial charge in [-0.2, -0.15) is 0 Å². The van der Waals surface area contributed by atoms with Crippen LogP contribution in [0.3, 0.4) is 0 Å². The van der Waals surface area contributed by atoms with Crippen molar-refractivity contribution < 1.29 is 23.1 Å². The third-order valence-corrected chi connectivity index (χ3v) is 7.35. The van der Waals surface area contributed by atoms with Gasteiger partial charge in [-0.1, -0.05) is 54.1 Å². The van der Waals surface area contributed by atoms with Gasteiger partial charge in [0.05, 0.1) is 10.9 Å². The molecule has 0 aromatic heterocycles. The van der Waals surface area contributed by atoms with Crippen molar-refractivity contribution in [2.45, 2.75) is 29.8 Å². The van der Waals surface area contributed by atoms with Crippen LogP contribution in [0.1, 0.15) is 34.8 Å². The summed E-state index contributed by atoms with van der Waals surface area (Å²) in [6.45, 7) is 0. The molecular formula is C25H22ClNO5S. The Balaban J connectivity index is 1.66. The van der Waals surface area contributed by atoms with Gasteiger partial charge in [0.15, 0.2) is 9.84 Å². The minimum Gasteiger partial charge on any atom is -0.480 e. The van der Waals surface area contributed by atoms with Crippen LogP contribution in [0.2, 0.25) is 5.02 Å². The maximum absolute atomic E-state index is 13.4. The highest BCUT2D eigenvalue weighted by Crippen LogP contribution is 2.40. The molecule has 6 nitrogen and oxygen atoms in total. The van der Waals surface area contributed by atoms with E-state index in [9.17, 15) is 23.1 Å². The minimum absolute atomic E-state index is 0.212. The molecule has 0 saturated carbocycles. The molecule has 0 bridgehead atoms. The number of carbonyl (C=O) groups excluding carboxylic acids is 1. The van der Waals surface area contributed by atoms with Gasteiger partial charge < -0.3 is 10.0 Å². The molecule has 8 heteroatoms. The Morgan fingerprint density at radius 1 is 0.939 bits per heavy atom. The van der Waals surface area contributed by atoms with Crippen molar-refractivity contribution in [2.24, 2.45) is 0 Å². The van der Waals surface area contributed by atoms with E-state index in [0.717, 1.165) is 17.4 Å². The fraction of sp³-hybridized carbons (Fsp3) is 0.200. The summed E-state index contributed by atoms with van der Waals surface area (Å²) in [4.78, 5) is 26.9. The van der Waals surface area contributed by atoms with Crippen LogP contribution in [0.5, 0.6) is 0 Å². The first kappa shape index (κ1) is 23.0. The summed E-state index contributed by atoms with van der Waals surface area (Å²) in [5.74, 6) is -1.44. The number of hydrogen-bond donors (Lipinski definition) is 1. The Morgan fingerprint density at radius 2 is 1.64 bits per heavy atom. The quantitative estimate of drug-likeness (QED) is 0.560. The number of carboxylic acid groups (broad SMARTS) is 1. The monoisotopic (exact) mass is 483 g/mol. The zero-order valence-corrected chi connectivity index (χ0v) is 19.4. The number of hydrogen-bond acceptors (Lipinski definition) is 4. The number of halogens is 1. The summed E-state index contributed by atoms with van der Waals surface area (Å²) in [7, 11) is -3.34. The van der Waals surface area contributed by atoms with Gasteiger partial charge in [-0.3, -0.25) is 4.79 Å². The molecule has 0 aliphatic carbocycles. The lowest BCUT2D eigenvalue weighted by molar-refractivity contribution is -0.141. The second kappa shape index (κ2) is 9.00. The van der Waals surface area contributed by atoms with E-state index in [1.54, 1.807) is 54.6 Å². The minimum atomic E-state index is -3.34. The standard InChI is InChI=1S/C25H22ClNO5S/c1-33(31,32)19-6-4-5-18(15-19)16-9-11-17(12-10-16)24(28)27-22(13-14-23(27)25(29)30)20-7-2-3-8-21(20)26/h2-12,15,22-23H,13-14H2,1H3,(H,29,30)/t22-,23+/m1/s1. The fourth-order valence-electron chi connectivity index (χ4n) is 4.25. The number of aliphatic carboxylic acids is 1. The lowest BCUT2D eigenvalue weighted by Crippen LogP contribution is -2.41. The van der Waals surface area contributed by atoms with Crippen molar-refractivity contribution in [3.63, 3.8) is 0 Å². The van der Waals surface area contributed by atoms with Crippen molar-refractivity contribution in [3.05, 3.63) is 88.9 Å². The fourth-order valence-corrected chi connectivity index (χ4v) is 5.18. The average Bonchev–Trinajstić information content (AvgIpc) is 3.24. The maximum atomic E-state index is 13.4. The van der Waals surface area contributed by atoms with Crippen LogP contribution >= 0.6 is 11.6 Å². The molecule has 3 aromatic rings. The molecule has 0 unspecified atom stereocenters. The third-order valence-electron chi connectivity index (χ3n) is 5.90. The number of carboxylic acids is 1. The summed E-state index contributed by atoms with van der Waals surface area (Å²) in [5, 5.41) is 10.2. The van der Waals surface area contributed by atoms with E-state index in [-0.39, 0.29) is 10.8 Å². The van der Waals surface area contributed by atoms with E-state index in [4.69, 9.17) is 11.6 Å². The summed E-state index contributed by atoms with van der Waals surface area (Å²) in [6, 6.07) is 19.1. The molecule has 3 aromatic carbocycles. The first-order valence-electron chi connectivity index (χ1n) is 10.4. The van der Waals surface area contributed by atoms with E-state index in [2.05, 4.69) is 0 Å². The summed E-state index contributed by atoms with van der Waals surface area (Å²) in [6.07, 6.45) is 1.99. The Hall–Kier alpha value is -3.16. The van der Waals surface area contributed by atoms with Crippen LogP contribution < -0.4 is 0 Å². The van der Waals surface area contributed by atoms with Crippen LogP contribution in [-0.2, 0) is 14.6 Å². The number of carbonyl (C=O) groups is 2. The third kappa shape index (κ3) is 4.65. The highest BCUT2D eigenvalue weighted by Gasteiger charge is 2.42. The number of likely N-dealkylation sites (tertiary alicyclic amines) is 1. The first-order valence-corrected chi connectivity index (χ1v) is 12.6. The summed E-state index contributed by atoms with van der Waals surface area (Å²) in [5.41, 5.74) is 2.53. The second-order valence-corrected chi connectivity index (χ2v) is 10.5. The van der Waals surface area contributed by atoms with Gasteiger partial charge in [0.1, 0.15) is 6.04 Å². The van der Waals surface area contributed by atoms with Crippen LogP contribution in [0.25, 0.3) is 11.1 Å². The highest BCUT2D eigenvalue weighted by atomic mass is 35.5. The molecule has 2 atom stereocenters. The topological polar surface area (TPSA) is 91.8 Å². The second-order valence-electron chi connectivity index (χ2n) is 8.06. The van der Waals surface area contributed by atoms with Crippen LogP contribution in [0.15, 0.2) is 77.7 Å². The first-order chi connectivity index (χ1) is 15.7. The number of nitrogens with zero attached hydrogens (tertiary/aromatic N) is 1. The van der Waals surface area contributed by atoms with Gasteiger partial charge in [-0.25, -0.2) is 13.2 Å².